The Morgan fingerprint density at radius 1 is 1.22 bits per heavy atom. The van der Waals surface area contributed by atoms with Crippen LogP contribution in [0.2, 0.25) is 0 Å². The SMILES string of the molecule is Cc1cc2c(CC34CC(NC(=O)COc5ccc6c(c5)OC(F)(F)O6)(C3)C4)nccn2n1. The van der Waals surface area contributed by atoms with E-state index in [0.717, 1.165) is 42.6 Å². The van der Waals surface area contributed by atoms with E-state index in [9.17, 15) is 13.6 Å². The first kappa shape index (κ1) is 19.3. The molecule has 1 aliphatic heterocycles. The summed E-state index contributed by atoms with van der Waals surface area (Å²) in [5.41, 5.74) is 3.01. The van der Waals surface area contributed by atoms with Gasteiger partial charge in [0.1, 0.15) is 5.75 Å². The lowest BCUT2D eigenvalue weighted by molar-refractivity contribution is -0.286. The largest absolute Gasteiger partial charge is 0.586 e. The van der Waals surface area contributed by atoms with Gasteiger partial charge in [-0.2, -0.15) is 5.10 Å². The van der Waals surface area contributed by atoms with Gasteiger partial charge in [0.15, 0.2) is 18.1 Å². The number of alkyl halides is 2. The summed E-state index contributed by atoms with van der Waals surface area (Å²) in [7, 11) is 0. The normalized spacial score (nSPS) is 26.3. The molecule has 8 nitrogen and oxygen atoms in total. The number of hydrogen-bond donors (Lipinski definition) is 1. The van der Waals surface area contributed by atoms with Crippen LogP contribution in [0.4, 0.5) is 8.78 Å². The Kier molecular flexibility index (Phi) is 3.80. The predicted molar refractivity (Wildman–Crippen MR) is 107 cm³/mol. The molecule has 3 heterocycles. The second kappa shape index (κ2) is 6.30. The highest BCUT2D eigenvalue weighted by Crippen LogP contribution is 2.68. The highest BCUT2D eigenvalue weighted by Gasteiger charge is 2.68. The van der Waals surface area contributed by atoms with Crippen LogP contribution in [0.3, 0.4) is 0 Å². The lowest BCUT2D eigenvalue weighted by Gasteiger charge is -2.70. The number of amides is 1. The Bertz CT molecular complexity index is 1240. The highest BCUT2D eigenvalue weighted by atomic mass is 19.3. The summed E-state index contributed by atoms with van der Waals surface area (Å²) in [5.74, 6) is -0.175. The maximum atomic E-state index is 13.1. The van der Waals surface area contributed by atoms with Gasteiger partial charge in [-0.05, 0) is 56.2 Å². The van der Waals surface area contributed by atoms with E-state index in [2.05, 4.69) is 24.9 Å². The standard InChI is InChI=1S/C22H20F2N4O4/c1-13-6-16-15(25-4-5-28(16)27-13)8-20-10-21(11-20,12-20)26-19(29)9-30-14-2-3-17-18(7-14)32-22(23,24)31-17/h2-7H,8-12H2,1H3,(H,26,29). The van der Waals surface area contributed by atoms with Crippen LogP contribution in [0.1, 0.15) is 30.7 Å². The van der Waals surface area contributed by atoms with Crippen molar-refractivity contribution in [2.45, 2.75) is 44.4 Å². The molecule has 4 aliphatic rings. The number of hydrogen-bond acceptors (Lipinski definition) is 6. The summed E-state index contributed by atoms with van der Waals surface area (Å²) < 4.78 is 42.3. The topological polar surface area (TPSA) is 87.0 Å². The van der Waals surface area contributed by atoms with Gasteiger partial charge in [0.05, 0.1) is 16.9 Å². The van der Waals surface area contributed by atoms with Crippen molar-refractivity contribution < 1.29 is 27.8 Å². The number of nitrogens with one attached hydrogen (secondary N) is 1. The van der Waals surface area contributed by atoms with Crippen molar-refractivity contribution in [1.29, 1.82) is 0 Å². The van der Waals surface area contributed by atoms with Crippen molar-refractivity contribution >= 4 is 11.4 Å². The Labute approximate surface area is 181 Å². The van der Waals surface area contributed by atoms with Crippen LogP contribution in [-0.4, -0.2) is 38.9 Å². The smallest absolute Gasteiger partial charge is 0.484 e. The molecule has 10 heteroatoms. The van der Waals surface area contributed by atoms with Gasteiger partial charge < -0.3 is 19.5 Å². The minimum Gasteiger partial charge on any atom is -0.484 e. The van der Waals surface area contributed by atoms with Crippen LogP contribution in [0.15, 0.2) is 36.7 Å². The summed E-state index contributed by atoms with van der Waals surface area (Å²) in [5, 5.41) is 7.51. The molecule has 0 saturated heterocycles. The number of ether oxygens (including phenoxy) is 3. The molecule has 0 atom stereocenters. The third-order valence-electron chi connectivity index (χ3n) is 6.42. The zero-order valence-corrected chi connectivity index (χ0v) is 17.2. The lowest BCUT2D eigenvalue weighted by Crippen LogP contribution is -2.75. The van der Waals surface area contributed by atoms with Crippen molar-refractivity contribution in [2.24, 2.45) is 5.41 Å². The van der Waals surface area contributed by atoms with Crippen LogP contribution in [-0.2, 0) is 11.2 Å². The summed E-state index contributed by atoms with van der Waals surface area (Å²) >= 11 is 0. The Balaban J connectivity index is 1.03. The summed E-state index contributed by atoms with van der Waals surface area (Å²) in [6, 6.07) is 6.11. The fraction of sp³-hybridized carbons (Fsp3) is 0.409. The fourth-order valence-corrected chi connectivity index (χ4v) is 5.41. The quantitative estimate of drug-likeness (QED) is 0.632. The van der Waals surface area contributed by atoms with E-state index in [1.165, 1.54) is 18.2 Å². The van der Waals surface area contributed by atoms with Crippen molar-refractivity contribution in [2.75, 3.05) is 6.61 Å². The first-order valence-electron chi connectivity index (χ1n) is 10.4. The number of halogens is 2. The van der Waals surface area contributed by atoms with Gasteiger partial charge in [0.25, 0.3) is 5.91 Å². The summed E-state index contributed by atoms with van der Waals surface area (Å²) in [6.45, 7) is 1.75. The Hall–Kier alpha value is -3.43. The molecule has 7 rings (SSSR count). The van der Waals surface area contributed by atoms with Gasteiger partial charge >= 0.3 is 6.29 Å². The average molecular weight is 442 g/mol. The number of aryl methyl sites for hydroxylation is 1. The number of rotatable bonds is 6. The molecule has 1 amide bonds. The number of nitrogens with zero attached hydrogens (tertiary/aromatic N) is 3. The molecule has 3 aromatic rings. The van der Waals surface area contributed by atoms with E-state index in [0.29, 0.717) is 0 Å². The molecule has 2 aromatic heterocycles. The molecule has 32 heavy (non-hydrogen) atoms. The molecular weight excluding hydrogens is 422 g/mol. The van der Waals surface area contributed by atoms with Gasteiger partial charge in [-0.1, -0.05) is 0 Å². The van der Waals surface area contributed by atoms with E-state index in [1.54, 1.807) is 6.20 Å². The molecule has 3 saturated carbocycles. The Morgan fingerprint density at radius 3 is 2.81 bits per heavy atom. The van der Waals surface area contributed by atoms with E-state index >= 15 is 0 Å². The van der Waals surface area contributed by atoms with Gasteiger partial charge in [0.2, 0.25) is 0 Å². The third-order valence-corrected chi connectivity index (χ3v) is 6.42. The van der Waals surface area contributed by atoms with Gasteiger partial charge in [-0.25, -0.2) is 4.52 Å². The zero-order valence-electron chi connectivity index (χ0n) is 17.2. The second-order valence-corrected chi connectivity index (χ2v) is 9.09. The second-order valence-electron chi connectivity index (χ2n) is 9.09. The minimum atomic E-state index is -3.68. The molecule has 0 unspecified atom stereocenters. The molecule has 0 spiro atoms. The first-order valence-corrected chi connectivity index (χ1v) is 10.4. The van der Waals surface area contributed by atoms with Crippen molar-refractivity contribution in [3.05, 3.63) is 48.0 Å². The molecule has 2 bridgehead atoms. The van der Waals surface area contributed by atoms with Crippen LogP contribution in [0, 0.1) is 12.3 Å². The van der Waals surface area contributed by atoms with Crippen molar-refractivity contribution in [1.82, 2.24) is 19.9 Å². The maximum Gasteiger partial charge on any atom is 0.586 e. The highest BCUT2D eigenvalue weighted by molar-refractivity contribution is 5.79. The van der Waals surface area contributed by atoms with Crippen LogP contribution >= 0.6 is 0 Å². The molecule has 166 valence electrons. The van der Waals surface area contributed by atoms with Crippen LogP contribution in [0.5, 0.6) is 17.2 Å². The lowest BCUT2D eigenvalue weighted by atomic mass is 9.38. The molecule has 1 N–H and O–H groups in total. The summed E-state index contributed by atoms with van der Waals surface area (Å²) in [6.07, 6.45) is 3.50. The number of benzene rings is 1. The van der Waals surface area contributed by atoms with Crippen LogP contribution in [0.25, 0.3) is 5.52 Å². The van der Waals surface area contributed by atoms with Gasteiger partial charge in [0, 0.05) is 24.0 Å². The Morgan fingerprint density at radius 2 is 2.00 bits per heavy atom. The number of aromatic nitrogens is 3. The molecule has 0 radical (unpaired) electrons. The monoisotopic (exact) mass is 442 g/mol. The van der Waals surface area contributed by atoms with Gasteiger partial charge in [-0.15, -0.1) is 8.78 Å². The van der Waals surface area contributed by atoms with Gasteiger partial charge in [-0.3, -0.25) is 9.78 Å². The maximum absolute atomic E-state index is 13.1. The summed E-state index contributed by atoms with van der Waals surface area (Å²) in [4.78, 5) is 16.9. The number of fused-ring (bicyclic) bond motifs is 2. The number of carbonyl (C=O) groups excluding carboxylic acids is 1. The van der Waals surface area contributed by atoms with E-state index in [1.807, 2.05) is 23.7 Å². The molecular formula is C22H20F2N4O4. The fourth-order valence-electron chi connectivity index (χ4n) is 5.41. The molecule has 1 aromatic carbocycles. The minimum absolute atomic E-state index is 0.0674. The molecule has 3 fully saturated rings. The first-order chi connectivity index (χ1) is 15.2. The third kappa shape index (κ3) is 3.12. The average Bonchev–Trinajstić information content (AvgIpc) is 3.20. The number of carbonyl (C=O) groups is 1. The van der Waals surface area contributed by atoms with Crippen LogP contribution < -0.4 is 19.5 Å². The van der Waals surface area contributed by atoms with E-state index in [4.69, 9.17) is 4.74 Å². The van der Waals surface area contributed by atoms with Crippen molar-refractivity contribution in [3.63, 3.8) is 0 Å². The van der Waals surface area contributed by atoms with E-state index < -0.39 is 6.29 Å². The zero-order chi connectivity index (χ0) is 22.1. The van der Waals surface area contributed by atoms with E-state index in [-0.39, 0.29) is 40.7 Å². The molecule has 3 aliphatic carbocycles. The van der Waals surface area contributed by atoms with Crippen molar-refractivity contribution in [3.8, 4) is 17.2 Å². The predicted octanol–water partition coefficient (Wildman–Crippen LogP) is 3.02.